The Balaban J connectivity index is 1.68. The van der Waals surface area contributed by atoms with E-state index in [0.29, 0.717) is 30.1 Å². The van der Waals surface area contributed by atoms with Gasteiger partial charge in [0.2, 0.25) is 10.0 Å². The van der Waals surface area contributed by atoms with Crippen molar-refractivity contribution in [2.75, 3.05) is 39.2 Å². The van der Waals surface area contributed by atoms with Crippen molar-refractivity contribution in [2.24, 2.45) is 0 Å². The third-order valence-corrected chi connectivity index (χ3v) is 7.65. The van der Waals surface area contributed by atoms with Crippen molar-refractivity contribution in [3.05, 3.63) is 47.5 Å². The highest BCUT2D eigenvalue weighted by Crippen LogP contribution is 2.31. The Morgan fingerprint density at radius 1 is 1.00 bits per heavy atom. The number of hydrogen-bond acceptors (Lipinski definition) is 7. The zero-order valence-electron chi connectivity index (χ0n) is 19.6. The van der Waals surface area contributed by atoms with Crippen LogP contribution in [0.3, 0.4) is 0 Å². The zero-order chi connectivity index (χ0) is 24.7. The van der Waals surface area contributed by atoms with E-state index in [9.17, 15) is 18.0 Å². The molecule has 0 bridgehead atoms. The second-order valence-corrected chi connectivity index (χ2v) is 9.87. The first kappa shape index (κ1) is 25.5. The van der Waals surface area contributed by atoms with Gasteiger partial charge in [-0.25, -0.2) is 13.2 Å². The van der Waals surface area contributed by atoms with E-state index in [4.69, 9.17) is 14.2 Å². The maximum Gasteiger partial charge on any atom is 0.342 e. The number of para-hydroxylation sites is 1. The molecule has 1 fully saturated rings. The van der Waals surface area contributed by atoms with Crippen molar-refractivity contribution in [1.82, 2.24) is 4.31 Å². The highest BCUT2D eigenvalue weighted by atomic mass is 32.2. The summed E-state index contributed by atoms with van der Waals surface area (Å²) in [5, 5.41) is 2.60. The van der Waals surface area contributed by atoms with E-state index in [2.05, 4.69) is 5.32 Å². The molecule has 1 N–H and O–H groups in total. The number of benzene rings is 2. The molecule has 1 saturated heterocycles. The van der Waals surface area contributed by atoms with Crippen LogP contribution in [-0.2, 0) is 19.6 Å². The number of anilines is 1. The Morgan fingerprint density at radius 2 is 1.71 bits per heavy atom. The molecule has 1 amide bonds. The van der Waals surface area contributed by atoms with Crippen molar-refractivity contribution >= 4 is 27.6 Å². The minimum atomic E-state index is -3.68. The van der Waals surface area contributed by atoms with Crippen LogP contribution < -0.4 is 14.8 Å². The molecule has 3 rings (SSSR count). The van der Waals surface area contributed by atoms with Crippen LogP contribution in [0, 0.1) is 6.92 Å². The number of rotatable bonds is 8. The van der Waals surface area contributed by atoms with Crippen molar-refractivity contribution in [2.45, 2.75) is 37.5 Å². The molecule has 2 aromatic carbocycles. The van der Waals surface area contributed by atoms with Gasteiger partial charge in [0.1, 0.15) is 5.56 Å². The number of nitrogens with one attached hydrogen (secondary N) is 1. The summed E-state index contributed by atoms with van der Waals surface area (Å²) >= 11 is 0. The van der Waals surface area contributed by atoms with Crippen LogP contribution in [0.15, 0.2) is 41.3 Å². The maximum absolute atomic E-state index is 13.2. The summed E-state index contributed by atoms with van der Waals surface area (Å²) in [7, 11) is -0.833. The summed E-state index contributed by atoms with van der Waals surface area (Å²) in [5.41, 5.74) is 1.02. The minimum Gasteiger partial charge on any atom is -0.493 e. The van der Waals surface area contributed by atoms with Gasteiger partial charge in [-0.15, -0.1) is 0 Å². The highest BCUT2D eigenvalue weighted by molar-refractivity contribution is 7.89. The van der Waals surface area contributed by atoms with Crippen LogP contribution in [-0.4, -0.2) is 58.5 Å². The lowest BCUT2D eigenvalue weighted by Gasteiger charge is -2.21. The van der Waals surface area contributed by atoms with E-state index in [-0.39, 0.29) is 16.2 Å². The van der Waals surface area contributed by atoms with Crippen LogP contribution in [0.1, 0.15) is 41.6 Å². The Hall–Kier alpha value is -3.11. The van der Waals surface area contributed by atoms with E-state index in [0.717, 1.165) is 25.7 Å². The number of aryl methyl sites for hydroxylation is 1. The predicted molar refractivity (Wildman–Crippen MR) is 127 cm³/mol. The van der Waals surface area contributed by atoms with Gasteiger partial charge in [-0.1, -0.05) is 25.0 Å². The maximum atomic E-state index is 13.2. The number of amides is 1. The Bertz CT molecular complexity index is 1140. The van der Waals surface area contributed by atoms with Crippen LogP contribution in [0.4, 0.5) is 5.69 Å². The third kappa shape index (κ3) is 5.87. The second kappa shape index (κ2) is 11.3. The van der Waals surface area contributed by atoms with E-state index >= 15 is 0 Å². The molecule has 0 spiro atoms. The fourth-order valence-corrected chi connectivity index (χ4v) is 5.60. The number of carbonyl (C=O) groups is 2. The van der Waals surface area contributed by atoms with Gasteiger partial charge in [-0.2, -0.15) is 4.31 Å². The fourth-order valence-electron chi connectivity index (χ4n) is 3.83. The van der Waals surface area contributed by atoms with E-state index < -0.39 is 28.5 Å². The average Bonchev–Trinajstić information content (AvgIpc) is 3.13. The molecule has 1 aliphatic rings. The summed E-state index contributed by atoms with van der Waals surface area (Å²) in [6, 6.07) is 9.45. The molecule has 1 aliphatic heterocycles. The first-order valence-corrected chi connectivity index (χ1v) is 12.5. The summed E-state index contributed by atoms with van der Waals surface area (Å²) in [4.78, 5) is 25.0. The van der Waals surface area contributed by atoms with Crippen molar-refractivity contribution in [1.29, 1.82) is 0 Å². The summed E-state index contributed by atoms with van der Waals surface area (Å²) in [5.74, 6) is -0.784. The first-order valence-electron chi connectivity index (χ1n) is 11.1. The number of hydrogen-bond donors (Lipinski definition) is 1. The lowest BCUT2D eigenvalue weighted by atomic mass is 10.2. The highest BCUT2D eigenvalue weighted by Gasteiger charge is 2.27. The topological polar surface area (TPSA) is 111 Å². The lowest BCUT2D eigenvalue weighted by molar-refractivity contribution is -0.119. The molecule has 184 valence electrons. The van der Waals surface area contributed by atoms with E-state index in [1.807, 2.05) is 0 Å². The van der Waals surface area contributed by atoms with Crippen molar-refractivity contribution < 1.29 is 32.2 Å². The molecular weight excluding hydrogens is 460 g/mol. The molecule has 1 heterocycles. The number of carbonyl (C=O) groups excluding carboxylic acids is 2. The van der Waals surface area contributed by atoms with Gasteiger partial charge in [0.25, 0.3) is 5.91 Å². The predicted octanol–water partition coefficient (Wildman–Crippen LogP) is 3.37. The zero-order valence-corrected chi connectivity index (χ0v) is 20.4. The summed E-state index contributed by atoms with van der Waals surface area (Å²) in [6.07, 6.45) is 3.69. The van der Waals surface area contributed by atoms with Gasteiger partial charge in [-0.3, -0.25) is 4.79 Å². The molecule has 0 unspecified atom stereocenters. The van der Waals surface area contributed by atoms with Crippen molar-refractivity contribution in [3.63, 3.8) is 0 Å². The summed E-state index contributed by atoms with van der Waals surface area (Å²) < 4.78 is 43.4. The van der Waals surface area contributed by atoms with Gasteiger partial charge >= 0.3 is 5.97 Å². The van der Waals surface area contributed by atoms with Crippen LogP contribution in [0.5, 0.6) is 11.5 Å². The molecule has 2 aromatic rings. The minimum absolute atomic E-state index is 0.121. The van der Waals surface area contributed by atoms with Gasteiger partial charge in [0.15, 0.2) is 18.1 Å². The van der Waals surface area contributed by atoms with Gasteiger partial charge in [0, 0.05) is 18.8 Å². The molecule has 0 atom stereocenters. The van der Waals surface area contributed by atoms with Gasteiger partial charge in [0.05, 0.1) is 19.1 Å². The average molecular weight is 491 g/mol. The molecule has 10 heteroatoms. The molecule has 0 radical (unpaired) electrons. The Labute approximate surface area is 200 Å². The van der Waals surface area contributed by atoms with E-state index in [1.54, 1.807) is 31.2 Å². The van der Waals surface area contributed by atoms with Crippen LogP contribution in [0.2, 0.25) is 0 Å². The lowest BCUT2D eigenvalue weighted by Crippen LogP contribution is -2.32. The normalized spacial score (nSPS) is 14.7. The van der Waals surface area contributed by atoms with Crippen LogP contribution >= 0.6 is 0 Å². The smallest absolute Gasteiger partial charge is 0.342 e. The number of sulfonamides is 1. The number of methoxy groups -OCH3 is 2. The number of nitrogens with zero attached hydrogens (tertiary/aromatic N) is 1. The number of ether oxygens (including phenoxy) is 3. The molecule has 9 nitrogen and oxygen atoms in total. The SMILES string of the molecule is COc1cccc(C(=O)OCC(=O)Nc2ccc(C)c(S(=O)(=O)N3CCCCCC3)c2)c1OC. The summed E-state index contributed by atoms with van der Waals surface area (Å²) in [6.45, 7) is 2.14. The molecule has 0 aromatic heterocycles. The standard InChI is InChI=1S/C24H30N2O7S/c1-17-11-12-18(15-21(17)34(29,30)26-13-6-4-5-7-14-26)25-22(27)16-33-24(28)19-9-8-10-20(31-2)23(19)32-3/h8-12,15H,4-7,13-14,16H2,1-3H3,(H,25,27). The molecule has 0 aliphatic carbocycles. The van der Waals surface area contributed by atoms with Crippen LogP contribution in [0.25, 0.3) is 0 Å². The Kier molecular flexibility index (Phi) is 8.51. The van der Waals surface area contributed by atoms with Gasteiger partial charge < -0.3 is 19.5 Å². The molecular formula is C24H30N2O7S. The third-order valence-electron chi connectivity index (χ3n) is 5.61. The van der Waals surface area contributed by atoms with Gasteiger partial charge in [-0.05, 0) is 49.6 Å². The quantitative estimate of drug-likeness (QED) is 0.565. The Morgan fingerprint density at radius 3 is 2.35 bits per heavy atom. The number of esters is 1. The largest absolute Gasteiger partial charge is 0.493 e. The van der Waals surface area contributed by atoms with Crippen molar-refractivity contribution in [3.8, 4) is 11.5 Å². The second-order valence-electron chi connectivity index (χ2n) is 7.96. The monoisotopic (exact) mass is 490 g/mol. The molecule has 34 heavy (non-hydrogen) atoms. The van der Waals surface area contributed by atoms with E-state index in [1.165, 1.54) is 30.7 Å². The molecule has 0 saturated carbocycles. The first-order chi connectivity index (χ1) is 16.3. The fraction of sp³-hybridized carbons (Fsp3) is 0.417.